The highest BCUT2D eigenvalue weighted by Gasteiger charge is 2.28. The van der Waals surface area contributed by atoms with Gasteiger partial charge in [0.25, 0.3) is 0 Å². The van der Waals surface area contributed by atoms with Crippen LogP contribution in [0.4, 0.5) is 0 Å². The second-order valence-corrected chi connectivity index (χ2v) is 5.99. The van der Waals surface area contributed by atoms with E-state index in [0.29, 0.717) is 18.0 Å². The number of halogens is 2. The van der Waals surface area contributed by atoms with Gasteiger partial charge in [-0.25, -0.2) is 4.79 Å². The number of nitrogen functional groups attached to an aromatic ring is 1. The van der Waals surface area contributed by atoms with Crippen LogP contribution in [-0.4, -0.2) is 31.4 Å². The van der Waals surface area contributed by atoms with E-state index in [0.717, 1.165) is 25.7 Å². The Morgan fingerprint density at radius 3 is 2.31 bits per heavy atom. The lowest BCUT2D eigenvalue weighted by molar-refractivity contribution is -0.140. The van der Waals surface area contributed by atoms with E-state index in [2.05, 4.69) is 0 Å². The number of nitrogens with two attached hydrogens (primary N) is 2. The van der Waals surface area contributed by atoms with E-state index in [1.165, 1.54) is 25.3 Å². The molecule has 9 heteroatoms. The van der Waals surface area contributed by atoms with Gasteiger partial charge in [-0.05, 0) is 56.3 Å². The van der Waals surface area contributed by atoms with Crippen LogP contribution < -0.4 is 16.2 Å². The van der Waals surface area contributed by atoms with Crippen LogP contribution in [-0.2, 0) is 9.53 Å². The molecule has 5 N–H and O–H groups in total. The van der Waals surface area contributed by atoms with Crippen molar-refractivity contribution < 1.29 is 19.1 Å². The fraction of sp³-hybridized carbons (Fsp3) is 0.471. The Kier molecular flexibility index (Phi) is 10.7. The number of benzene rings is 1. The van der Waals surface area contributed by atoms with Crippen molar-refractivity contribution >= 4 is 51.7 Å². The first kappa shape index (κ1) is 24.6. The van der Waals surface area contributed by atoms with Crippen LogP contribution in [0.5, 0.6) is 5.75 Å². The molecule has 0 aromatic heterocycles. The summed E-state index contributed by atoms with van der Waals surface area (Å²) in [5.41, 5.74) is 11.5. The van der Waals surface area contributed by atoms with E-state index >= 15 is 0 Å². The number of methoxy groups -OCH3 is 1. The molecule has 0 aliphatic heterocycles. The van der Waals surface area contributed by atoms with Gasteiger partial charge in [0, 0.05) is 5.56 Å². The minimum atomic E-state index is -0.646. The van der Waals surface area contributed by atoms with Crippen molar-refractivity contribution in [2.24, 2.45) is 23.3 Å². The third-order valence-corrected chi connectivity index (χ3v) is 4.42. The Balaban J connectivity index is 0.00000312. The van der Waals surface area contributed by atoms with E-state index < -0.39 is 5.97 Å². The lowest BCUT2D eigenvalue weighted by Crippen LogP contribution is -2.28. The van der Waals surface area contributed by atoms with Crippen LogP contribution in [0, 0.1) is 17.2 Å². The summed E-state index contributed by atoms with van der Waals surface area (Å²) in [6.07, 6.45) is 3.28. The van der Waals surface area contributed by atoms with Gasteiger partial charge in [-0.1, -0.05) is 0 Å². The SMILES string of the molecule is Br.Br.COC(=O)c1cc(C(=N)N)ccc1OC(=O)C1CCC(CN)CC1. The van der Waals surface area contributed by atoms with Crippen LogP contribution in [0.3, 0.4) is 0 Å². The predicted molar refractivity (Wildman–Crippen MR) is 110 cm³/mol. The molecule has 0 saturated heterocycles. The van der Waals surface area contributed by atoms with Gasteiger partial charge < -0.3 is 20.9 Å². The molecular weight excluding hydrogens is 470 g/mol. The molecule has 1 aromatic rings. The molecule has 0 unspecified atom stereocenters. The highest BCUT2D eigenvalue weighted by molar-refractivity contribution is 8.93. The number of hydrogen-bond donors (Lipinski definition) is 3. The number of amidine groups is 1. The zero-order valence-corrected chi connectivity index (χ0v) is 18.0. The first-order chi connectivity index (χ1) is 11.5. The van der Waals surface area contributed by atoms with Crippen molar-refractivity contribution in [3.05, 3.63) is 29.3 Å². The summed E-state index contributed by atoms with van der Waals surface area (Å²) in [4.78, 5) is 24.3. The Labute approximate surface area is 173 Å². The highest BCUT2D eigenvalue weighted by Crippen LogP contribution is 2.30. The van der Waals surface area contributed by atoms with Gasteiger partial charge >= 0.3 is 11.9 Å². The number of esters is 2. The summed E-state index contributed by atoms with van der Waals surface area (Å²) in [5, 5.41) is 7.45. The summed E-state index contributed by atoms with van der Waals surface area (Å²) < 4.78 is 10.1. The Morgan fingerprint density at radius 2 is 1.81 bits per heavy atom. The lowest BCUT2D eigenvalue weighted by Gasteiger charge is -2.26. The standard InChI is InChI=1S/C17H23N3O4.2BrH/c1-23-17(22)13-8-12(15(19)20)6-7-14(13)24-16(21)11-4-2-10(9-18)3-5-11;;/h6-8,10-11H,2-5,9,18H2,1H3,(H3,19,20);2*1H. The molecule has 1 aliphatic rings. The van der Waals surface area contributed by atoms with E-state index in [-0.39, 0.29) is 63.0 Å². The number of hydrogen-bond acceptors (Lipinski definition) is 6. The van der Waals surface area contributed by atoms with Crippen molar-refractivity contribution in [3.8, 4) is 5.75 Å². The zero-order chi connectivity index (χ0) is 17.7. The second kappa shape index (κ2) is 11.3. The summed E-state index contributed by atoms with van der Waals surface area (Å²) in [5.74, 6) is -0.782. The molecule has 0 atom stereocenters. The Bertz CT molecular complexity index is 647. The van der Waals surface area contributed by atoms with Crippen molar-refractivity contribution in [1.82, 2.24) is 0 Å². The van der Waals surface area contributed by atoms with E-state index in [4.69, 9.17) is 26.4 Å². The fourth-order valence-electron chi connectivity index (χ4n) is 2.88. The Hall–Kier alpha value is -1.45. The first-order valence-electron chi connectivity index (χ1n) is 7.94. The summed E-state index contributed by atoms with van der Waals surface area (Å²) in [6.45, 7) is 0.640. The van der Waals surface area contributed by atoms with Crippen LogP contribution in [0.15, 0.2) is 18.2 Å². The van der Waals surface area contributed by atoms with Crippen molar-refractivity contribution in [2.75, 3.05) is 13.7 Å². The highest BCUT2D eigenvalue weighted by atomic mass is 79.9. The molecular formula is C17H25Br2N3O4. The van der Waals surface area contributed by atoms with Crippen LogP contribution in [0.1, 0.15) is 41.6 Å². The summed E-state index contributed by atoms with van der Waals surface area (Å²) in [7, 11) is 1.24. The quantitative estimate of drug-likeness (QED) is 0.249. The summed E-state index contributed by atoms with van der Waals surface area (Å²) >= 11 is 0. The molecule has 0 spiro atoms. The molecule has 0 amide bonds. The topological polar surface area (TPSA) is 128 Å². The van der Waals surface area contributed by atoms with Crippen LogP contribution >= 0.6 is 34.0 Å². The minimum Gasteiger partial charge on any atom is -0.465 e. The largest absolute Gasteiger partial charge is 0.465 e. The van der Waals surface area contributed by atoms with Gasteiger partial charge in [0.1, 0.15) is 17.1 Å². The predicted octanol–water partition coefficient (Wildman–Crippen LogP) is 2.58. The third kappa shape index (κ3) is 6.07. The smallest absolute Gasteiger partial charge is 0.341 e. The number of rotatable bonds is 5. The van der Waals surface area contributed by atoms with E-state index in [9.17, 15) is 9.59 Å². The maximum absolute atomic E-state index is 12.4. The Morgan fingerprint density at radius 1 is 1.19 bits per heavy atom. The normalized spacial score (nSPS) is 18.7. The maximum atomic E-state index is 12.4. The number of nitrogens with one attached hydrogen (secondary N) is 1. The number of ether oxygens (including phenoxy) is 2. The van der Waals surface area contributed by atoms with Crippen LogP contribution in [0.25, 0.3) is 0 Å². The van der Waals surface area contributed by atoms with Gasteiger partial charge in [0.2, 0.25) is 0 Å². The second-order valence-electron chi connectivity index (χ2n) is 5.99. The number of carbonyl (C=O) groups is 2. The molecule has 26 heavy (non-hydrogen) atoms. The maximum Gasteiger partial charge on any atom is 0.341 e. The van der Waals surface area contributed by atoms with Gasteiger partial charge in [0.15, 0.2) is 0 Å². The summed E-state index contributed by atoms with van der Waals surface area (Å²) in [6, 6.07) is 4.39. The molecule has 0 radical (unpaired) electrons. The molecule has 2 rings (SSSR count). The van der Waals surface area contributed by atoms with E-state index in [1.807, 2.05) is 0 Å². The molecule has 1 saturated carbocycles. The fourth-order valence-corrected chi connectivity index (χ4v) is 2.88. The average Bonchev–Trinajstić information content (AvgIpc) is 2.61. The lowest BCUT2D eigenvalue weighted by atomic mass is 9.82. The molecule has 7 nitrogen and oxygen atoms in total. The van der Waals surface area contributed by atoms with Gasteiger partial charge in [-0.3, -0.25) is 10.2 Å². The molecule has 146 valence electrons. The van der Waals surface area contributed by atoms with Crippen molar-refractivity contribution in [1.29, 1.82) is 5.41 Å². The molecule has 1 aliphatic carbocycles. The van der Waals surface area contributed by atoms with Crippen molar-refractivity contribution in [3.63, 3.8) is 0 Å². The molecule has 1 aromatic carbocycles. The molecule has 0 bridgehead atoms. The van der Waals surface area contributed by atoms with E-state index in [1.54, 1.807) is 0 Å². The zero-order valence-electron chi connectivity index (χ0n) is 14.5. The number of carbonyl (C=O) groups excluding carboxylic acids is 2. The molecule has 1 fully saturated rings. The van der Waals surface area contributed by atoms with Gasteiger partial charge in [0.05, 0.1) is 13.0 Å². The molecule has 0 heterocycles. The third-order valence-electron chi connectivity index (χ3n) is 4.42. The monoisotopic (exact) mass is 493 g/mol. The van der Waals surface area contributed by atoms with Gasteiger partial charge in [-0.2, -0.15) is 0 Å². The van der Waals surface area contributed by atoms with Crippen molar-refractivity contribution in [2.45, 2.75) is 25.7 Å². The first-order valence-corrected chi connectivity index (χ1v) is 7.94. The average molecular weight is 495 g/mol. The van der Waals surface area contributed by atoms with Crippen LogP contribution in [0.2, 0.25) is 0 Å². The minimum absolute atomic E-state index is 0. The van der Waals surface area contributed by atoms with Gasteiger partial charge in [-0.15, -0.1) is 34.0 Å².